The van der Waals surface area contributed by atoms with E-state index in [-0.39, 0.29) is 5.91 Å². The Hall–Kier alpha value is -2.33. The zero-order valence-electron chi connectivity index (χ0n) is 17.3. The Balaban J connectivity index is 1.43. The van der Waals surface area contributed by atoms with Crippen LogP contribution in [0.15, 0.2) is 42.5 Å². The number of piperidine rings is 1. The van der Waals surface area contributed by atoms with Gasteiger partial charge in [-0.15, -0.1) is 0 Å². The molecule has 4 nitrogen and oxygen atoms in total. The molecule has 0 bridgehead atoms. The van der Waals surface area contributed by atoms with Crippen LogP contribution < -0.4 is 10.1 Å². The summed E-state index contributed by atoms with van der Waals surface area (Å²) in [5.41, 5.74) is 4.24. The van der Waals surface area contributed by atoms with Crippen molar-refractivity contribution in [2.45, 2.75) is 40.2 Å². The first-order chi connectivity index (χ1) is 13.5. The van der Waals surface area contributed by atoms with Crippen molar-refractivity contribution in [3.63, 3.8) is 0 Å². The van der Waals surface area contributed by atoms with E-state index < -0.39 is 0 Å². The number of benzene rings is 2. The predicted molar refractivity (Wildman–Crippen MR) is 114 cm³/mol. The second-order valence-electron chi connectivity index (χ2n) is 8.05. The fourth-order valence-corrected chi connectivity index (χ4v) is 3.74. The minimum atomic E-state index is -0.0530. The van der Waals surface area contributed by atoms with Crippen LogP contribution >= 0.6 is 0 Å². The maximum absolute atomic E-state index is 12.3. The summed E-state index contributed by atoms with van der Waals surface area (Å²) in [4.78, 5) is 14.9. The summed E-state index contributed by atoms with van der Waals surface area (Å²) in [6.45, 7) is 10.7. The van der Waals surface area contributed by atoms with Crippen molar-refractivity contribution in [3.8, 4) is 5.75 Å². The molecule has 1 atom stereocenters. The van der Waals surface area contributed by atoms with Crippen molar-refractivity contribution in [1.82, 2.24) is 10.2 Å². The van der Waals surface area contributed by atoms with Crippen molar-refractivity contribution in [1.29, 1.82) is 0 Å². The number of ether oxygens (including phenoxy) is 1. The topological polar surface area (TPSA) is 41.6 Å². The van der Waals surface area contributed by atoms with Gasteiger partial charge in [-0.05, 0) is 74.0 Å². The molecule has 0 aliphatic carbocycles. The van der Waals surface area contributed by atoms with Gasteiger partial charge in [-0.1, -0.05) is 31.2 Å². The molecule has 1 heterocycles. The smallest absolute Gasteiger partial charge is 0.251 e. The molecule has 1 N–H and O–H groups in total. The van der Waals surface area contributed by atoms with E-state index in [1.54, 1.807) is 0 Å². The van der Waals surface area contributed by atoms with E-state index in [2.05, 4.69) is 41.4 Å². The molecule has 1 aliphatic heterocycles. The molecule has 28 heavy (non-hydrogen) atoms. The summed E-state index contributed by atoms with van der Waals surface area (Å²) >= 11 is 0. The molecule has 150 valence electrons. The number of hydrogen-bond donors (Lipinski definition) is 1. The summed E-state index contributed by atoms with van der Waals surface area (Å²) in [6, 6.07) is 14.1. The van der Waals surface area contributed by atoms with E-state index in [4.69, 9.17) is 4.74 Å². The molecule has 1 fully saturated rings. The Kier molecular flexibility index (Phi) is 7.10. The first-order valence-corrected chi connectivity index (χ1v) is 10.3. The van der Waals surface area contributed by atoms with Crippen LogP contribution in [0.3, 0.4) is 0 Å². The van der Waals surface area contributed by atoms with E-state index in [9.17, 15) is 4.79 Å². The number of hydrogen-bond acceptors (Lipinski definition) is 3. The van der Waals surface area contributed by atoms with Crippen LogP contribution in [-0.4, -0.2) is 37.0 Å². The molecule has 0 aromatic heterocycles. The van der Waals surface area contributed by atoms with Gasteiger partial charge in [-0.25, -0.2) is 0 Å². The highest BCUT2D eigenvalue weighted by atomic mass is 16.5. The Morgan fingerprint density at radius 1 is 1.18 bits per heavy atom. The zero-order chi connectivity index (χ0) is 19.9. The molecule has 0 spiro atoms. The summed E-state index contributed by atoms with van der Waals surface area (Å²) in [6.07, 6.45) is 2.62. The van der Waals surface area contributed by atoms with E-state index in [1.807, 2.05) is 32.0 Å². The highest BCUT2D eigenvalue weighted by Crippen LogP contribution is 2.19. The van der Waals surface area contributed by atoms with Gasteiger partial charge in [0, 0.05) is 18.7 Å². The molecule has 4 heteroatoms. The zero-order valence-corrected chi connectivity index (χ0v) is 17.3. The Bertz CT molecular complexity index is 786. The fourth-order valence-electron chi connectivity index (χ4n) is 3.74. The third kappa shape index (κ3) is 5.83. The summed E-state index contributed by atoms with van der Waals surface area (Å²) in [7, 11) is 0. The van der Waals surface area contributed by atoms with Crippen molar-refractivity contribution >= 4 is 5.91 Å². The third-order valence-corrected chi connectivity index (χ3v) is 5.35. The molecule has 1 saturated heterocycles. The van der Waals surface area contributed by atoms with Crippen LogP contribution in [0.1, 0.15) is 46.8 Å². The Labute approximate surface area is 168 Å². The first kappa shape index (κ1) is 20.4. The monoisotopic (exact) mass is 380 g/mol. The first-order valence-electron chi connectivity index (χ1n) is 10.3. The number of amides is 1. The van der Waals surface area contributed by atoms with Crippen LogP contribution in [0.5, 0.6) is 5.75 Å². The molecule has 1 aliphatic rings. The lowest BCUT2D eigenvalue weighted by Gasteiger charge is -2.30. The van der Waals surface area contributed by atoms with Gasteiger partial charge >= 0.3 is 0 Å². The predicted octanol–water partition coefficient (Wildman–Crippen LogP) is 4.34. The number of carbonyl (C=O) groups is 1. The number of nitrogens with one attached hydrogen (secondary N) is 1. The average Bonchev–Trinajstić information content (AvgIpc) is 2.68. The van der Waals surface area contributed by atoms with Gasteiger partial charge in [0.1, 0.15) is 12.4 Å². The highest BCUT2D eigenvalue weighted by molar-refractivity contribution is 5.94. The van der Waals surface area contributed by atoms with Gasteiger partial charge in [0.05, 0.1) is 6.54 Å². The lowest BCUT2D eigenvalue weighted by molar-refractivity contribution is 0.0947. The fraction of sp³-hybridized carbons (Fsp3) is 0.458. The molecule has 1 amide bonds. The molecule has 1 unspecified atom stereocenters. The van der Waals surface area contributed by atoms with E-state index >= 15 is 0 Å². The van der Waals surface area contributed by atoms with Gasteiger partial charge in [-0.2, -0.15) is 0 Å². The molecule has 0 saturated carbocycles. The van der Waals surface area contributed by atoms with Gasteiger partial charge in [0.2, 0.25) is 0 Å². The minimum Gasteiger partial charge on any atom is -0.491 e. The Morgan fingerprint density at radius 2 is 1.96 bits per heavy atom. The number of nitrogens with zero attached hydrogens (tertiary/aromatic N) is 1. The van der Waals surface area contributed by atoms with E-state index in [1.165, 1.54) is 37.1 Å². The maximum Gasteiger partial charge on any atom is 0.251 e. The average molecular weight is 381 g/mol. The van der Waals surface area contributed by atoms with Crippen molar-refractivity contribution in [2.24, 2.45) is 5.92 Å². The van der Waals surface area contributed by atoms with Crippen LogP contribution in [-0.2, 0) is 6.54 Å². The van der Waals surface area contributed by atoms with Crippen LogP contribution in [0.4, 0.5) is 0 Å². The third-order valence-electron chi connectivity index (χ3n) is 5.35. The molecule has 2 aromatic carbocycles. The quantitative estimate of drug-likeness (QED) is 0.727. The largest absolute Gasteiger partial charge is 0.491 e. The normalized spacial score (nSPS) is 17.3. The standard InChI is InChI=1S/C24H32N2O2/c1-18-6-7-20(3)23(15-18)28-14-12-25-24(27)22-10-8-21(9-11-22)17-26-13-4-5-19(2)16-26/h6-11,15,19H,4-5,12-14,16-17H2,1-3H3,(H,25,27). The molecule has 3 rings (SSSR count). The minimum absolute atomic E-state index is 0.0530. The second kappa shape index (κ2) is 9.74. The number of rotatable bonds is 7. The lowest BCUT2D eigenvalue weighted by atomic mass is 9.99. The molecule has 0 radical (unpaired) electrons. The number of aryl methyl sites for hydroxylation is 2. The van der Waals surface area contributed by atoms with E-state index in [0.717, 1.165) is 23.8 Å². The van der Waals surface area contributed by atoms with E-state index in [0.29, 0.717) is 18.7 Å². The SMILES string of the molecule is Cc1ccc(C)c(OCCNC(=O)c2ccc(CN3CCCC(C)C3)cc2)c1. The van der Waals surface area contributed by atoms with Crippen molar-refractivity contribution < 1.29 is 9.53 Å². The summed E-state index contributed by atoms with van der Waals surface area (Å²) in [5, 5.41) is 2.94. The lowest BCUT2D eigenvalue weighted by Crippen LogP contribution is -2.33. The van der Waals surface area contributed by atoms with Gasteiger partial charge in [0.25, 0.3) is 5.91 Å². The molecule has 2 aromatic rings. The van der Waals surface area contributed by atoms with Crippen molar-refractivity contribution in [3.05, 3.63) is 64.7 Å². The van der Waals surface area contributed by atoms with Crippen LogP contribution in [0, 0.1) is 19.8 Å². The number of likely N-dealkylation sites (tertiary alicyclic amines) is 1. The maximum atomic E-state index is 12.3. The summed E-state index contributed by atoms with van der Waals surface area (Å²) in [5.74, 6) is 1.61. The highest BCUT2D eigenvalue weighted by Gasteiger charge is 2.16. The molecular weight excluding hydrogens is 348 g/mol. The molecular formula is C24H32N2O2. The second-order valence-corrected chi connectivity index (χ2v) is 8.05. The van der Waals surface area contributed by atoms with Gasteiger partial charge in [-0.3, -0.25) is 9.69 Å². The summed E-state index contributed by atoms with van der Waals surface area (Å²) < 4.78 is 5.80. The van der Waals surface area contributed by atoms with Crippen LogP contribution in [0.2, 0.25) is 0 Å². The Morgan fingerprint density at radius 3 is 2.71 bits per heavy atom. The van der Waals surface area contributed by atoms with Gasteiger partial charge < -0.3 is 10.1 Å². The van der Waals surface area contributed by atoms with Gasteiger partial charge in [0.15, 0.2) is 0 Å². The number of carbonyl (C=O) groups excluding carboxylic acids is 1. The van der Waals surface area contributed by atoms with Crippen molar-refractivity contribution in [2.75, 3.05) is 26.2 Å². The van der Waals surface area contributed by atoms with Crippen LogP contribution in [0.25, 0.3) is 0 Å².